The zero-order valence-electron chi connectivity index (χ0n) is 31.3. The van der Waals surface area contributed by atoms with E-state index in [4.69, 9.17) is 24.5 Å². The van der Waals surface area contributed by atoms with E-state index in [-0.39, 0.29) is 18.4 Å². The van der Waals surface area contributed by atoms with Crippen LogP contribution in [0.15, 0.2) is 59.7 Å². The molecule has 0 bridgehead atoms. The van der Waals surface area contributed by atoms with Gasteiger partial charge < -0.3 is 45.5 Å². The van der Waals surface area contributed by atoms with Crippen molar-refractivity contribution < 1.29 is 28.5 Å². The average molecular weight is 750 g/mol. The van der Waals surface area contributed by atoms with Crippen molar-refractivity contribution >= 4 is 35.3 Å². The molecule has 1 aromatic heterocycles. The number of aromatic nitrogens is 3. The first kappa shape index (κ1) is 43.3. The van der Waals surface area contributed by atoms with Gasteiger partial charge in [0.2, 0.25) is 17.8 Å². The van der Waals surface area contributed by atoms with Crippen molar-refractivity contribution in [1.29, 1.82) is 0 Å². The Morgan fingerprint density at radius 3 is 1.74 bits per heavy atom. The lowest BCUT2D eigenvalue weighted by Crippen LogP contribution is -2.27. The maximum Gasteiger partial charge on any atom is 0.251 e. The van der Waals surface area contributed by atoms with Crippen LogP contribution in [0.5, 0.6) is 0 Å². The summed E-state index contributed by atoms with van der Waals surface area (Å²) in [6.07, 6.45) is 7.09. The fourth-order valence-electron chi connectivity index (χ4n) is 4.83. The Morgan fingerprint density at radius 1 is 0.611 bits per heavy atom. The number of carbonyl (C=O) groups excluding carboxylic acids is 2. The van der Waals surface area contributed by atoms with Gasteiger partial charge in [-0.15, -0.1) is 0 Å². The van der Waals surface area contributed by atoms with Crippen LogP contribution in [-0.4, -0.2) is 112 Å². The molecule has 2 aromatic carbocycles. The number of nitrogens with zero attached hydrogens (tertiary/aromatic N) is 6. The first-order chi connectivity index (χ1) is 26.6. The van der Waals surface area contributed by atoms with Crippen molar-refractivity contribution in [2.45, 2.75) is 45.4 Å². The third-order valence-corrected chi connectivity index (χ3v) is 7.62. The molecular weight excluding hydrogens is 694 g/mol. The van der Waals surface area contributed by atoms with Crippen LogP contribution in [0.4, 0.5) is 23.5 Å². The number of unbranched alkanes of at least 4 members (excludes halogenated alkanes) is 5. The highest BCUT2D eigenvalue weighted by Gasteiger charge is 2.09. The number of rotatable bonds is 31. The van der Waals surface area contributed by atoms with Crippen LogP contribution in [0.3, 0.4) is 0 Å². The van der Waals surface area contributed by atoms with E-state index < -0.39 is 0 Å². The van der Waals surface area contributed by atoms with Gasteiger partial charge in [-0.05, 0) is 48.4 Å². The Kier molecular flexibility index (Phi) is 22.8. The molecule has 1 heterocycles. The van der Waals surface area contributed by atoms with E-state index in [9.17, 15) is 9.59 Å². The maximum absolute atomic E-state index is 12.6. The van der Waals surface area contributed by atoms with Crippen LogP contribution >= 0.6 is 0 Å². The summed E-state index contributed by atoms with van der Waals surface area (Å²) in [4.78, 5) is 41.0. The lowest BCUT2D eigenvalue weighted by Gasteiger charge is -2.12. The lowest BCUT2D eigenvalue weighted by atomic mass is 10.1. The van der Waals surface area contributed by atoms with Crippen molar-refractivity contribution in [2.24, 2.45) is 5.11 Å². The minimum Gasteiger partial charge on any atom is -0.379 e. The monoisotopic (exact) mass is 749 g/mol. The zero-order chi connectivity index (χ0) is 38.3. The summed E-state index contributed by atoms with van der Waals surface area (Å²) < 4.78 is 22.0. The van der Waals surface area contributed by atoms with E-state index in [1.165, 1.54) is 25.7 Å². The van der Waals surface area contributed by atoms with Crippen LogP contribution in [-0.2, 0) is 18.9 Å². The van der Waals surface area contributed by atoms with E-state index in [2.05, 4.69) is 58.5 Å². The molecule has 0 aliphatic carbocycles. The summed E-state index contributed by atoms with van der Waals surface area (Å²) in [5, 5.41) is 18.8. The molecule has 17 nitrogen and oxygen atoms in total. The number of anilines is 4. The van der Waals surface area contributed by atoms with Crippen LogP contribution in [0.2, 0.25) is 0 Å². The Labute approximate surface area is 317 Å². The minimum atomic E-state index is -0.218. The molecular formula is C37H55N11O6. The van der Waals surface area contributed by atoms with Gasteiger partial charge in [0.1, 0.15) is 0 Å². The topological polar surface area (TPSA) is 219 Å². The van der Waals surface area contributed by atoms with E-state index in [1.807, 2.05) is 18.2 Å². The maximum atomic E-state index is 12.6. The predicted molar refractivity (Wildman–Crippen MR) is 208 cm³/mol. The molecule has 0 fully saturated rings. The fourth-order valence-corrected chi connectivity index (χ4v) is 4.83. The van der Waals surface area contributed by atoms with Crippen LogP contribution in [0.25, 0.3) is 10.4 Å². The van der Waals surface area contributed by atoms with Crippen molar-refractivity contribution in [3.05, 3.63) is 76.2 Å². The van der Waals surface area contributed by atoms with E-state index in [0.717, 1.165) is 19.4 Å². The number of benzene rings is 2. The molecule has 294 valence electrons. The summed E-state index contributed by atoms with van der Waals surface area (Å²) >= 11 is 0. The number of azide groups is 1. The van der Waals surface area contributed by atoms with E-state index in [0.29, 0.717) is 107 Å². The van der Waals surface area contributed by atoms with Gasteiger partial charge >= 0.3 is 0 Å². The first-order valence-corrected chi connectivity index (χ1v) is 18.6. The third kappa shape index (κ3) is 19.7. The SMILES string of the molecule is CCCCCCCCNc1nc(NCCOCCOCCNC(=O)c2ccccc2)nc(Nc2ccc(C(=O)NCCOCCOCCN=[N+]=[N-])cc2)n1. The largest absolute Gasteiger partial charge is 0.379 e. The molecule has 0 aliphatic rings. The summed E-state index contributed by atoms with van der Waals surface area (Å²) in [6, 6.07) is 16.1. The highest BCUT2D eigenvalue weighted by Crippen LogP contribution is 2.17. The molecule has 5 N–H and O–H groups in total. The van der Waals surface area contributed by atoms with Crippen LogP contribution in [0, 0.1) is 0 Å². The lowest BCUT2D eigenvalue weighted by molar-refractivity contribution is 0.0511. The predicted octanol–water partition coefficient (Wildman–Crippen LogP) is 5.34. The molecule has 54 heavy (non-hydrogen) atoms. The summed E-state index contributed by atoms with van der Waals surface area (Å²) in [6.45, 7) is 7.51. The number of nitrogens with one attached hydrogen (secondary N) is 5. The van der Waals surface area contributed by atoms with E-state index >= 15 is 0 Å². The second kappa shape index (κ2) is 28.4. The second-order valence-corrected chi connectivity index (χ2v) is 11.9. The number of amides is 2. The van der Waals surface area contributed by atoms with Crippen LogP contribution in [0.1, 0.15) is 66.2 Å². The highest BCUT2D eigenvalue weighted by atomic mass is 16.5. The number of ether oxygens (including phenoxy) is 4. The smallest absolute Gasteiger partial charge is 0.251 e. The Balaban J connectivity index is 1.40. The van der Waals surface area contributed by atoms with Crippen molar-refractivity contribution in [2.75, 3.05) is 102 Å². The highest BCUT2D eigenvalue weighted by molar-refractivity contribution is 5.94. The fraction of sp³-hybridized carbons (Fsp3) is 0.541. The van der Waals surface area contributed by atoms with Gasteiger partial charge in [-0.2, -0.15) is 15.0 Å². The van der Waals surface area contributed by atoms with Crippen molar-refractivity contribution in [1.82, 2.24) is 25.6 Å². The first-order valence-electron chi connectivity index (χ1n) is 18.6. The summed E-state index contributed by atoms with van der Waals surface area (Å²) in [5.41, 5.74) is 10.1. The molecule has 0 saturated heterocycles. The van der Waals surface area contributed by atoms with Crippen molar-refractivity contribution in [3.63, 3.8) is 0 Å². The standard InChI is InChI=1S/C37H55N11O6/c1-2-3-4-5-6-10-17-41-35-45-36(42-20-24-53-27-26-51-22-18-39-33(49)30-11-8-7-9-12-30)47-37(46-35)44-32-15-13-31(14-16-32)34(50)40-19-23-52-28-29-54-25-21-43-48-38/h7-9,11-16H,2-6,10,17-29H2,1H3,(H,39,49)(H,40,50)(H3,41,42,44,45,46,47). The molecule has 0 atom stereocenters. The third-order valence-electron chi connectivity index (χ3n) is 7.62. The van der Waals surface area contributed by atoms with Gasteiger partial charge in [0, 0.05) is 54.4 Å². The minimum absolute atomic E-state index is 0.128. The second-order valence-electron chi connectivity index (χ2n) is 11.9. The summed E-state index contributed by atoms with van der Waals surface area (Å²) in [7, 11) is 0. The van der Waals surface area contributed by atoms with Gasteiger partial charge in [0.05, 0.1) is 52.9 Å². The molecule has 17 heteroatoms. The number of carbonyl (C=O) groups is 2. The zero-order valence-corrected chi connectivity index (χ0v) is 31.3. The quantitative estimate of drug-likeness (QED) is 0.0244. The Hall–Kier alpha value is -5.06. The van der Waals surface area contributed by atoms with Gasteiger partial charge in [-0.1, -0.05) is 62.3 Å². The van der Waals surface area contributed by atoms with Gasteiger partial charge in [0.25, 0.3) is 11.8 Å². The molecule has 3 aromatic rings. The molecule has 0 saturated carbocycles. The molecule has 0 unspecified atom stereocenters. The van der Waals surface area contributed by atoms with Crippen molar-refractivity contribution in [3.8, 4) is 0 Å². The van der Waals surface area contributed by atoms with E-state index in [1.54, 1.807) is 36.4 Å². The molecule has 0 aliphatic heterocycles. The number of hydrogen-bond acceptors (Lipinski definition) is 13. The molecule has 2 amide bonds. The Morgan fingerprint density at radius 2 is 1.13 bits per heavy atom. The average Bonchev–Trinajstić information content (AvgIpc) is 3.19. The number of hydrogen-bond donors (Lipinski definition) is 5. The van der Waals surface area contributed by atoms with Gasteiger partial charge in [-0.3, -0.25) is 9.59 Å². The van der Waals surface area contributed by atoms with Gasteiger partial charge in [0.15, 0.2) is 0 Å². The Bertz CT molecular complexity index is 1510. The normalized spacial score (nSPS) is 10.7. The van der Waals surface area contributed by atoms with Crippen LogP contribution < -0.4 is 26.6 Å². The molecule has 0 radical (unpaired) electrons. The van der Waals surface area contributed by atoms with Gasteiger partial charge in [-0.25, -0.2) is 0 Å². The summed E-state index contributed by atoms with van der Waals surface area (Å²) in [5.74, 6) is 0.851. The molecule has 0 spiro atoms. The molecule has 3 rings (SSSR count).